The average molecular weight is 451 g/mol. The predicted molar refractivity (Wildman–Crippen MR) is 125 cm³/mol. The van der Waals surface area contributed by atoms with Gasteiger partial charge in [0.15, 0.2) is 0 Å². The van der Waals surface area contributed by atoms with Crippen LogP contribution in [0.2, 0.25) is 0 Å². The second-order valence-corrected chi connectivity index (χ2v) is 8.01. The first kappa shape index (κ1) is 22.6. The SMILES string of the molecule is O=C(NCCCn1ccnc1)C(=O)NC[C@H](c1ccco1)N1CCN(c2ccccc2)CC1. The molecule has 1 fully saturated rings. The number of aryl methyl sites for hydroxylation is 1. The van der Waals surface area contributed by atoms with Gasteiger partial charge < -0.3 is 24.5 Å². The maximum atomic E-state index is 12.4. The van der Waals surface area contributed by atoms with Crippen LogP contribution in [0.4, 0.5) is 5.69 Å². The summed E-state index contributed by atoms with van der Waals surface area (Å²) < 4.78 is 7.58. The zero-order chi connectivity index (χ0) is 22.9. The van der Waals surface area contributed by atoms with E-state index in [2.05, 4.69) is 37.6 Å². The number of carbonyl (C=O) groups excluding carboxylic acids is 2. The molecular formula is C24H30N6O3. The third-order valence-corrected chi connectivity index (χ3v) is 5.85. The number of benzene rings is 1. The fourth-order valence-electron chi connectivity index (χ4n) is 4.05. The number of hydrogen-bond donors (Lipinski definition) is 2. The number of imidazole rings is 1. The number of anilines is 1. The molecule has 3 aromatic rings. The minimum atomic E-state index is -0.628. The zero-order valence-corrected chi connectivity index (χ0v) is 18.6. The first-order valence-corrected chi connectivity index (χ1v) is 11.3. The number of amides is 2. The molecule has 0 aliphatic carbocycles. The zero-order valence-electron chi connectivity index (χ0n) is 18.6. The molecule has 0 saturated carbocycles. The second kappa shape index (κ2) is 11.3. The molecule has 9 heteroatoms. The van der Waals surface area contributed by atoms with Gasteiger partial charge in [-0.15, -0.1) is 0 Å². The number of para-hydroxylation sites is 1. The minimum absolute atomic E-state index is 0.129. The molecule has 1 aliphatic rings. The van der Waals surface area contributed by atoms with Crippen LogP contribution in [0.5, 0.6) is 0 Å². The van der Waals surface area contributed by atoms with Gasteiger partial charge in [-0.3, -0.25) is 14.5 Å². The topological polar surface area (TPSA) is 95.6 Å². The number of nitrogens with one attached hydrogen (secondary N) is 2. The molecule has 9 nitrogen and oxygen atoms in total. The van der Waals surface area contributed by atoms with Crippen molar-refractivity contribution in [2.24, 2.45) is 0 Å². The molecule has 0 bridgehead atoms. The number of hydrogen-bond acceptors (Lipinski definition) is 6. The van der Waals surface area contributed by atoms with Gasteiger partial charge in [0.25, 0.3) is 0 Å². The van der Waals surface area contributed by atoms with Crippen LogP contribution in [0, 0.1) is 0 Å². The van der Waals surface area contributed by atoms with Crippen molar-refractivity contribution in [1.82, 2.24) is 25.1 Å². The Morgan fingerprint density at radius 3 is 2.48 bits per heavy atom. The Morgan fingerprint density at radius 1 is 1.00 bits per heavy atom. The number of furan rings is 1. The van der Waals surface area contributed by atoms with Crippen LogP contribution < -0.4 is 15.5 Å². The molecule has 2 amide bonds. The normalized spacial score (nSPS) is 15.2. The number of nitrogens with zero attached hydrogens (tertiary/aromatic N) is 4. The quantitative estimate of drug-likeness (QED) is 0.380. The standard InChI is InChI=1S/C24H30N6O3/c31-23(26-9-5-11-28-12-10-25-19-28)24(32)27-18-21(22-8-4-17-33-22)30-15-13-29(14-16-30)20-6-2-1-3-7-20/h1-4,6-8,10,12,17,19,21H,5,9,11,13-16,18H2,(H,26,31)(H,27,32)/t21-/m1/s1. The van der Waals surface area contributed by atoms with E-state index in [9.17, 15) is 9.59 Å². The van der Waals surface area contributed by atoms with Crippen molar-refractivity contribution in [1.29, 1.82) is 0 Å². The smallest absolute Gasteiger partial charge is 0.309 e. The van der Waals surface area contributed by atoms with Crippen LogP contribution in [0.25, 0.3) is 0 Å². The molecule has 1 saturated heterocycles. The Morgan fingerprint density at radius 2 is 1.79 bits per heavy atom. The molecule has 1 aromatic carbocycles. The van der Waals surface area contributed by atoms with E-state index in [-0.39, 0.29) is 6.04 Å². The fraction of sp³-hybridized carbons (Fsp3) is 0.375. The Bertz CT molecular complexity index is 983. The number of aromatic nitrogens is 2. The van der Waals surface area contributed by atoms with E-state index >= 15 is 0 Å². The molecule has 0 radical (unpaired) electrons. The highest BCUT2D eigenvalue weighted by Gasteiger charge is 2.28. The summed E-state index contributed by atoms with van der Waals surface area (Å²) in [6.45, 7) is 4.89. The number of piperazine rings is 1. The molecule has 174 valence electrons. The second-order valence-electron chi connectivity index (χ2n) is 8.01. The van der Waals surface area contributed by atoms with Crippen molar-refractivity contribution in [3.05, 3.63) is 73.2 Å². The number of rotatable bonds is 9. The van der Waals surface area contributed by atoms with Gasteiger partial charge in [-0.2, -0.15) is 0 Å². The molecule has 1 aliphatic heterocycles. The molecule has 0 unspecified atom stereocenters. The van der Waals surface area contributed by atoms with Crippen molar-refractivity contribution in [3.63, 3.8) is 0 Å². The van der Waals surface area contributed by atoms with Crippen LogP contribution in [0.3, 0.4) is 0 Å². The van der Waals surface area contributed by atoms with E-state index in [4.69, 9.17) is 4.42 Å². The molecular weight excluding hydrogens is 420 g/mol. The van der Waals surface area contributed by atoms with Crippen molar-refractivity contribution in [2.75, 3.05) is 44.2 Å². The largest absolute Gasteiger partial charge is 0.468 e. The van der Waals surface area contributed by atoms with Crippen LogP contribution in [-0.4, -0.2) is 65.5 Å². The molecule has 0 spiro atoms. The Labute approximate surface area is 193 Å². The van der Waals surface area contributed by atoms with Gasteiger partial charge in [0.1, 0.15) is 5.76 Å². The molecule has 33 heavy (non-hydrogen) atoms. The highest BCUT2D eigenvalue weighted by atomic mass is 16.3. The summed E-state index contributed by atoms with van der Waals surface area (Å²) in [4.78, 5) is 33.2. The van der Waals surface area contributed by atoms with Crippen molar-refractivity contribution < 1.29 is 14.0 Å². The van der Waals surface area contributed by atoms with E-state index in [1.165, 1.54) is 5.69 Å². The lowest BCUT2D eigenvalue weighted by Gasteiger charge is -2.39. The molecule has 1 atom stereocenters. The lowest BCUT2D eigenvalue weighted by atomic mass is 10.1. The monoisotopic (exact) mass is 450 g/mol. The maximum absolute atomic E-state index is 12.4. The predicted octanol–water partition coefficient (Wildman–Crippen LogP) is 1.66. The lowest BCUT2D eigenvalue weighted by Crippen LogP contribution is -2.50. The third kappa shape index (κ3) is 6.23. The lowest BCUT2D eigenvalue weighted by molar-refractivity contribution is -0.139. The highest BCUT2D eigenvalue weighted by Crippen LogP contribution is 2.24. The van der Waals surface area contributed by atoms with Crippen LogP contribution in [0.1, 0.15) is 18.2 Å². The van der Waals surface area contributed by atoms with E-state index in [0.717, 1.165) is 44.9 Å². The summed E-state index contributed by atoms with van der Waals surface area (Å²) in [5, 5.41) is 5.46. The Balaban J connectivity index is 1.25. The van der Waals surface area contributed by atoms with Crippen molar-refractivity contribution in [3.8, 4) is 0 Å². The van der Waals surface area contributed by atoms with Gasteiger partial charge in [-0.05, 0) is 30.7 Å². The van der Waals surface area contributed by atoms with Gasteiger partial charge in [0, 0.05) is 63.9 Å². The summed E-state index contributed by atoms with van der Waals surface area (Å²) in [5.41, 5.74) is 1.21. The highest BCUT2D eigenvalue weighted by molar-refractivity contribution is 6.35. The van der Waals surface area contributed by atoms with Gasteiger partial charge in [-0.25, -0.2) is 4.98 Å². The first-order valence-electron chi connectivity index (χ1n) is 11.3. The van der Waals surface area contributed by atoms with Crippen LogP contribution in [-0.2, 0) is 16.1 Å². The van der Waals surface area contributed by atoms with Gasteiger partial charge in [-0.1, -0.05) is 18.2 Å². The number of carbonyl (C=O) groups is 2. The van der Waals surface area contributed by atoms with Crippen molar-refractivity contribution in [2.45, 2.75) is 19.0 Å². The summed E-state index contributed by atoms with van der Waals surface area (Å²) >= 11 is 0. The first-order chi connectivity index (χ1) is 16.2. The van der Waals surface area contributed by atoms with Crippen molar-refractivity contribution >= 4 is 17.5 Å². The summed E-state index contributed by atoms with van der Waals surface area (Å²) in [5.74, 6) is -0.464. The van der Waals surface area contributed by atoms with E-state index in [1.54, 1.807) is 18.8 Å². The summed E-state index contributed by atoms with van der Waals surface area (Å²) in [6, 6.07) is 14.0. The molecule has 2 aromatic heterocycles. The molecule has 3 heterocycles. The summed E-state index contributed by atoms with van der Waals surface area (Å²) in [6.07, 6.45) is 7.66. The van der Waals surface area contributed by atoms with Crippen LogP contribution >= 0.6 is 0 Å². The van der Waals surface area contributed by atoms with Crippen LogP contribution in [0.15, 0.2) is 71.9 Å². The Hall–Kier alpha value is -3.59. The fourth-order valence-corrected chi connectivity index (χ4v) is 4.05. The van der Waals surface area contributed by atoms with Gasteiger partial charge in [0.05, 0.1) is 18.6 Å². The maximum Gasteiger partial charge on any atom is 0.309 e. The van der Waals surface area contributed by atoms with E-state index in [1.807, 2.05) is 41.1 Å². The minimum Gasteiger partial charge on any atom is -0.468 e. The van der Waals surface area contributed by atoms with E-state index < -0.39 is 11.8 Å². The molecule has 4 rings (SSSR count). The van der Waals surface area contributed by atoms with Gasteiger partial charge >= 0.3 is 11.8 Å². The summed E-state index contributed by atoms with van der Waals surface area (Å²) in [7, 11) is 0. The molecule has 2 N–H and O–H groups in total. The Kier molecular flexibility index (Phi) is 7.76. The van der Waals surface area contributed by atoms with E-state index in [0.29, 0.717) is 13.1 Å². The third-order valence-electron chi connectivity index (χ3n) is 5.85. The average Bonchev–Trinajstić information content (AvgIpc) is 3.57. The van der Waals surface area contributed by atoms with Gasteiger partial charge in [0.2, 0.25) is 0 Å².